The summed E-state index contributed by atoms with van der Waals surface area (Å²) in [5.74, 6) is 0. The first-order chi connectivity index (χ1) is 15.6. The molecule has 1 aliphatic heterocycles. The highest BCUT2D eigenvalue weighted by Crippen LogP contribution is 2.27. The molecule has 4 atom stereocenters. The second kappa shape index (κ2) is 12.0. The van der Waals surface area contributed by atoms with Crippen molar-refractivity contribution in [1.82, 2.24) is 9.80 Å². The highest BCUT2D eigenvalue weighted by atomic mass is 16.5. The van der Waals surface area contributed by atoms with Crippen LogP contribution in [-0.4, -0.2) is 90.9 Å². The Kier molecular flexibility index (Phi) is 9.05. The van der Waals surface area contributed by atoms with Crippen molar-refractivity contribution in [3.05, 3.63) is 71.8 Å². The average molecular weight is 443 g/mol. The second-order valence-electron chi connectivity index (χ2n) is 8.15. The SMILES string of the molecule is COCCN1C(=O)N(CCOC)C(Cc2ccccc2)C(O)C(O)C1Cc1ccccc1. The predicted molar refractivity (Wildman–Crippen MR) is 122 cm³/mol. The molecule has 0 spiro atoms. The minimum atomic E-state index is -1.11. The highest BCUT2D eigenvalue weighted by molar-refractivity contribution is 5.76. The number of rotatable bonds is 10. The molecule has 1 heterocycles. The number of aliphatic hydroxyl groups excluding tert-OH is 2. The minimum absolute atomic E-state index is 0.225. The van der Waals surface area contributed by atoms with E-state index in [0.29, 0.717) is 39.1 Å². The molecule has 0 aromatic heterocycles. The van der Waals surface area contributed by atoms with Crippen molar-refractivity contribution in [2.45, 2.75) is 37.1 Å². The van der Waals surface area contributed by atoms with E-state index in [4.69, 9.17) is 9.47 Å². The number of urea groups is 1. The van der Waals surface area contributed by atoms with Crippen LogP contribution in [0.25, 0.3) is 0 Å². The largest absolute Gasteiger partial charge is 0.388 e. The van der Waals surface area contributed by atoms with E-state index in [9.17, 15) is 15.0 Å². The Morgan fingerprint density at radius 3 is 1.44 bits per heavy atom. The Bertz CT molecular complexity index is 752. The molecule has 2 N–H and O–H groups in total. The van der Waals surface area contributed by atoms with Crippen LogP contribution in [0.1, 0.15) is 11.1 Å². The Morgan fingerprint density at radius 2 is 1.09 bits per heavy atom. The Labute approximate surface area is 190 Å². The van der Waals surface area contributed by atoms with Crippen LogP contribution in [-0.2, 0) is 22.3 Å². The van der Waals surface area contributed by atoms with Crippen molar-refractivity contribution < 1.29 is 24.5 Å². The summed E-state index contributed by atoms with van der Waals surface area (Å²) in [4.78, 5) is 17.1. The van der Waals surface area contributed by atoms with Crippen LogP contribution in [0.2, 0.25) is 0 Å². The molecule has 32 heavy (non-hydrogen) atoms. The zero-order valence-electron chi connectivity index (χ0n) is 18.8. The molecule has 4 unspecified atom stereocenters. The first kappa shape index (κ1) is 24.2. The van der Waals surface area contributed by atoms with Gasteiger partial charge in [0.2, 0.25) is 0 Å². The van der Waals surface area contributed by atoms with E-state index < -0.39 is 24.3 Å². The van der Waals surface area contributed by atoms with Gasteiger partial charge in [0, 0.05) is 27.3 Å². The molecular weight excluding hydrogens is 408 g/mol. The number of ether oxygens (including phenoxy) is 2. The molecule has 1 aliphatic rings. The fraction of sp³-hybridized carbons (Fsp3) is 0.480. The van der Waals surface area contributed by atoms with E-state index in [0.717, 1.165) is 11.1 Å². The summed E-state index contributed by atoms with van der Waals surface area (Å²) >= 11 is 0. The number of amides is 2. The highest BCUT2D eigenvalue weighted by Gasteiger charge is 2.45. The van der Waals surface area contributed by atoms with Crippen LogP contribution in [0.4, 0.5) is 4.79 Å². The summed E-state index contributed by atoms with van der Waals surface area (Å²) in [6.45, 7) is 1.30. The number of methoxy groups -OCH3 is 2. The average Bonchev–Trinajstić information content (AvgIpc) is 2.88. The van der Waals surface area contributed by atoms with Crippen molar-refractivity contribution in [3.63, 3.8) is 0 Å². The van der Waals surface area contributed by atoms with Gasteiger partial charge < -0.3 is 29.5 Å². The molecule has 0 saturated carbocycles. The van der Waals surface area contributed by atoms with Gasteiger partial charge in [0.25, 0.3) is 0 Å². The van der Waals surface area contributed by atoms with Crippen molar-refractivity contribution in [2.75, 3.05) is 40.5 Å². The van der Waals surface area contributed by atoms with Crippen LogP contribution in [0.15, 0.2) is 60.7 Å². The van der Waals surface area contributed by atoms with Crippen LogP contribution in [0.5, 0.6) is 0 Å². The number of aliphatic hydroxyl groups is 2. The molecule has 1 fully saturated rings. The van der Waals surface area contributed by atoms with Gasteiger partial charge in [0.05, 0.1) is 25.3 Å². The van der Waals surface area contributed by atoms with Gasteiger partial charge in [-0.3, -0.25) is 0 Å². The zero-order chi connectivity index (χ0) is 22.9. The van der Waals surface area contributed by atoms with Gasteiger partial charge >= 0.3 is 6.03 Å². The lowest BCUT2D eigenvalue weighted by atomic mass is 9.91. The molecular formula is C25H34N2O5. The lowest BCUT2D eigenvalue weighted by Gasteiger charge is -2.35. The van der Waals surface area contributed by atoms with E-state index in [1.165, 1.54) is 0 Å². The third kappa shape index (κ3) is 5.86. The van der Waals surface area contributed by atoms with E-state index >= 15 is 0 Å². The number of carbonyl (C=O) groups excluding carboxylic acids is 1. The van der Waals surface area contributed by atoms with Crippen LogP contribution in [0.3, 0.4) is 0 Å². The Morgan fingerprint density at radius 1 is 0.719 bits per heavy atom. The van der Waals surface area contributed by atoms with Crippen molar-refractivity contribution in [3.8, 4) is 0 Å². The maximum atomic E-state index is 13.8. The second-order valence-corrected chi connectivity index (χ2v) is 8.15. The molecule has 2 amide bonds. The van der Waals surface area contributed by atoms with Gasteiger partial charge in [-0.1, -0.05) is 60.7 Å². The molecule has 7 nitrogen and oxygen atoms in total. The Balaban J connectivity index is 1.97. The zero-order valence-corrected chi connectivity index (χ0v) is 18.8. The fourth-order valence-corrected chi connectivity index (χ4v) is 4.35. The van der Waals surface area contributed by atoms with Crippen LogP contribution in [0, 0.1) is 0 Å². The van der Waals surface area contributed by atoms with Crippen molar-refractivity contribution in [1.29, 1.82) is 0 Å². The monoisotopic (exact) mass is 442 g/mol. The molecule has 0 aliphatic carbocycles. The molecule has 3 rings (SSSR count). The standard InChI is InChI=1S/C25H34N2O5/c1-31-15-13-26-21(17-19-9-5-3-6-10-19)23(28)24(29)22(18-20-11-7-4-8-12-20)27(25(26)30)14-16-32-2/h3-12,21-24,28-29H,13-18H2,1-2H3. The van der Waals surface area contributed by atoms with Crippen LogP contribution >= 0.6 is 0 Å². The van der Waals surface area contributed by atoms with Gasteiger partial charge in [-0.15, -0.1) is 0 Å². The number of hydrogen-bond donors (Lipinski definition) is 2. The fourth-order valence-electron chi connectivity index (χ4n) is 4.35. The third-order valence-electron chi connectivity index (χ3n) is 6.08. The molecule has 0 radical (unpaired) electrons. The summed E-state index contributed by atoms with van der Waals surface area (Å²) in [6.07, 6.45) is -1.36. The van der Waals surface area contributed by atoms with E-state index in [-0.39, 0.29) is 6.03 Å². The van der Waals surface area contributed by atoms with Crippen molar-refractivity contribution >= 4 is 6.03 Å². The number of benzene rings is 2. The number of carbonyl (C=O) groups is 1. The van der Waals surface area contributed by atoms with Gasteiger partial charge in [-0.05, 0) is 24.0 Å². The molecule has 2 aromatic carbocycles. The summed E-state index contributed by atoms with van der Waals surface area (Å²) in [6, 6.07) is 18.0. The molecule has 7 heteroatoms. The third-order valence-corrected chi connectivity index (χ3v) is 6.08. The summed E-state index contributed by atoms with van der Waals surface area (Å²) < 4.78 is 10.5. The Hall–Kier alpha value is -2.45. The normalized spacial score (nSPS) is 23.9. The molecule has 2 aromatic rings. The van der Waals surface area contributed by atoms with Gasteiger partial charge in [-0.2, -0.15) is 0 Å². The molecule has 174 valence electrons. The van der Waals surface area contributed by atoms with Crippen LogP contribution < -0.4 is 0 Å². The molecule has 1 saturated heterocycles. The maximum Gasteiger partial charge on any atom is 0.320 e. The quantitative estimate of drug-likeness (QED) is 0.588. The van der Waals surface area contributed by atoms with Gasteiger partial charge in [0.1, 0.15) is 12.2 Å². The predicted octanol–water partition coefficient (Wildman–Crippen LogP) is 1.96. The van der Waals surface area contributed by atoms with E-state index in [2.05, 4.69) is 0 Å². The lowest BCUT2D eigenvalue weighted by molar-refractivity contribution is -0.0419. The lowest BCUT2D eigenvalue weighted by Crippen LogP contribution is -2.52. The summed E-state index contributed by atoms with van der Waals surface area (Å²) in [5.41, 5.74) is 1.98. The van der Waals surface area contributed by atoms with Gasteiger partial charge in [0.15, 0.2) is 0 Å². The minimum Gasteiger partial charge on any atom is -0.388 e. The summed E-state index contributed by atoms with van der Waals surface area (Å²) in [7, 11) is 3.17. The number of hydrogen-bond acceptors (Lipinski definition) is 5. The first-order valence-electron chi connectivity index (χ1n) is 11.1. The summed E-state index contributed by atoms with van der Waals surface area (Å²) in [5, 5.41) is 22.6. The molecule has 0 bridgehead atoms. The maximum absolute atomic E-state index is 13.8. The first-order valence-corrected chi connectivity index (χ1v) is 11.1. The van der Waals surface area contributed by atoms with Crippen molar-refractivity contribution in [2.24, 2.45) is 0 Å². The van der Waals surface area contributed by atoms with E-state index in [1.54, 1.807) is 24.0 Å². The smallest absolute Gasteiger partial charge is 0.320 e. The number of nitrogens with zero attached hydrogens (tertiary/aromatic N) is 2. The van der Waals surface area contributed by atoms with Gasteiger partial charge in [-0.25, -0.2) is 4.79 Å². The topological polar surface area (TPSA) is 82.5 Å². The van der Waals surface area contributed by atoms with E-state index in [1.807, 2.05) is 60.7 Å².